The Kier molecular flexibility index (Phi) is 4.62. The molecule has 0 atom stereocenters. The number of ether oxygens (including phenoxy) is 1. The van der Waals surface area contributed by atoms with Gasteiger partial charge in [-0.15, -0.1) is 0 Å². The van der Waals surface area contributed by atoms with E-state index in [2.05, 4.69) is 21.2 Å². The van der Waals surface area contributed by atoms with Crippen LogP contribution in [0.4, 0.5) is 10.1 Å². The molecule has 0 saturated carbocycles. The van der Waals surface area contributed by atoms with E-state index in [0.717, 1.165) is 0 Å². The second-order valence-electron chi connectivity index (χ2n) is 3.90. The van der Waals surface area contributed by atoms with Gasteiger partial charge in [-0.1, -0.05) is 17.7 Å². The number of hydrogen-bond donors (Lipinski definition) is 1. The van der Waals surface area contributed by atoms with Crippen LogP contribution >= 0.6 is 27.5 Å². The highest BCUT2D eigenvalue weighted by atomic mass is 79.9. The van der Waals surface area contributed by atoms with Crippen molar-refractivity contribution in [2.45, 2.75) is 0 Å². The number of anilines is 1. The highest BCUT2D eigenvalue weighted by molar-refractivity contribution is 9.10. The first-order valence-electron chi connectivity index (χ1n) is 5.62. The molecule has 2 rings (SSSR count). The molecule has 2 aromatic carbocycles. The molecule has 3 nitrogen and oxygen atoms in total. The largest absolute Gasteiger partial charge is 0.494 e. The summed E-state index contributed by atoms with van der Waals surface area (Å²) >= 11 is 9.23. The highest BCUT2D eigenvalue weighted by Gasteiger charge is 2.12. The summed E-state index contributed by atoms with van der Waals surface area (Å²) in [6, 6.07) is 9.01. The van der Waals surface area contributed by atoms with E-state index in [-0.39, 0.29) is 17.2 Å². The first-order valence-corrected chi connectivity index (χ1v) is 6.79. The number of rotatable bonds is 3. The Bertz CT molecular complexity index is 664. The minimum absolute atomic E-state index is 0.0165. The van der Waals surface area contributed by atoms with E-state index < -0.39 is 5.82 Å². The maximum atomic E-state index is 13.3. The summed E-state index contributed by atoms with van der Waals surface area (Å²) in [6.07, 6.45) is 0. The molecule has 0 aliphatic heterocycles. The topological polar surface area (TPSA) is 38.3 Å². The van der Waals surface area contributed by atoms with Crippen LogP contribution in [0.25, 0.3) is 0 Å². The number of carbonyl (C=O) groups is 1. The third-order valence-corrected chi connectivity index (χ3v) is 4.01. The summed E-state index contributed by atoms with van der Waals surface area (Å²) in [4.78, 5) is 12.1. The van der Waals surface area contributed by atoms with Gasteiger partial charge in [0.05, 0.1) is 22.3 Å². The lowest BCUT2D eigenvalue weighted by Crippen LogP contribution is -2.12. The third-order valence-electron chi connectivity index (χ3n) is 2.61. The SMILES string of the molecule is COc1cc(C(=O)Nc2cccc(Cl)c2Br)ccc1F. The number of amides is 1. The minimum Gasteiger partial charge on any atom is -0.494 e. The second-order valence-corrected chi connectivity index (χ2v) is 5.11. The third kappa shape index (κ3) is 3.11. The minimum atomic E-state index is -0.520. The average Bonchev–Trinajstić information content (AvgIpc) is 2.44. The lowest BCUT2D eigenvalue weighted by Gasteiger charge is -2.09. The summed E-state index contributed by atoms with van der Waals surface area (Å²) in [7, 11) is 1.34. The molecule has 0 spiro atoms. The van der Waals surface area contributed by atoms with Crippen molar-refractivity contribution in [1.82, 2.24) is 0 Å². The zero-order valence-corrected chi connectivity index (χ0v) is 12.8. The Morgan fingerprint density at radius 1 is 1.35 bits per heavy atom. The molecule has 0 aliphatic carbocycles. The van der Waals surface area contributed by atoms with Crippen molar-refractivity contribution in [3.05, 3.63) is 57.3 Å². The monoisotopic (exact) mass is 357 g/mol. The number of nitrogens with one attached hydrogen (secondary N) is 1. The number of benzene rings is 2. The molecular formula is C14H10BrClFNO2. The molecule has 0 saturated heterocycles. The fourth-order valence-corrected chi connectivity index (χ4v) is 2.13. The molecule has 6 heteroatoms. The number of carbonyl (C=O) groups excluding carboxylic acids is 1. The van der Waals surface area contributed by atoms with Gasteiger partial charge in [-0.05, 0) is 46.3 Å². The second kappa shape index (κ2) is 6.24. The molecule has 1 amide bonds. The van der Waals surface area contributed by atoms with Crippen LogP contribution < -0.4 is 10.1 Å². The molecule has 2 aromatic rings. The van der Waals surface area contributed by atoms with Gasteiger partial charge >= 0.3 is 0 Å². The van der Waals surface area contributed by atoms with Crippen molar-refractivity contribution in [1.29, 1.82) is 0 Å². The standard InChI is InChI=1S/C14H10BrClFNO2/c1-20-12-7-8(5-6-10(12)17)14(19)18-11-4-2-3-9(16)13(11)15/h2-7H,1H3,(H,18,19). The summed E-state index contributed by atoms with van der Waals surface area (Å²) in [5.74, 6) is -0.887. The van der Waals surface area contributed by atoms with E-state index >= 15 is 0 Å². The molecule has 1 N–H and O–H groups in total. The van der Waals surface area contributed by atoms with Gasteiger partial charge in [0, 0.05) is 5.56 Å². The lowest BCUT2D eigenvalue weighted by atomic mass is 10.2. The summed E-state index contributed by atoms with van der Waals surface area (Å²) < 4.78 is 18.7. The predicted octanol–water partition coefficient (Wildman–Crippen LogP) is 4.50. The number of hydrogen-bond acceptors (Lipinski definition) is 2. The molecule has 0 unspecified atom stereocenters. The van der Waals surface area contributed by atoms with E-state index in [1.165, 1.54) is 25.3 Å². The summed E-state index contributed by atoms with van der Waals surface area (Å²) in [6.45, 7) is 0. The van der Waals surface area contributed by atoms with Gasteiger partial charge in [-0.25, -0.2) is 4.39 Å². The molecule has 0 heterocycles. The Hall–Kier alpha value is -1.59. The van der Waals surface area contributed by atoms with E-state index in [1.54, 1.807) is 18.2 Å². The Labute approximate surface area is 128 Å². The van der Waals surface area contributed by atoms with Crippen molar-refractivity contribution in [3.63, 3.8) is 0 Å². The predicted molar refractivity (Wildman–Crippen MR) is 80.1 cm³/mol. The van der Waals surface area contributed by atoms with Crippen LogP contribution in [-0.2, 0) is 0 Å². The molecule has 0 fully saturated rings. The van der Waals surface area contributed by atoms with Crippen molar-refractivity contribution >= 4 is 39.1 Å². The van der Waals surface area contributed by atoms with Crippen molar-refractivity contribution in [2.24, 2.45) is 0 Å². The zero-order valence-electron chi connectivity index (χ0n) is 10.4. The first-order chi connectivity index (χ1) is 9.52. The van der Waals surface area contributed by atoms with E-state index in [1.807, 2.05) is 0 Å². The molecule has 0 radical (unpaired) electrons. The molecule has 20 heavy (non-hydrogen) atoms. The van der Waals surface area contributed by atoms with Crippen LogP contribution in [0.3, 0.4) is 0 Å². The van der Waals surface area contributed by atoms with Crippen molar-refractivity contribution in [3.8, 4) is 5.75 Å². The fourth-order valence-electron chi connectivity index (χ4n) is 1.60. The maximum Gasteiger partial charge on any atom is 0.255 e. The van der Waals surface area contributed by atoms with Gasteiger partial charge in [0.1, 0.15) is 0 Å². The Balaban J connectivity index is 2.26. The molecule has 104 valence electrons. The molecule has 0 bridgehead atoms. The van der Waals surface area contributed by atoms with Crippen LogP contribution in [-0.4, -0.2) is 13.0 Å². The van der Waals surface area contributed by atoms with E-state index in [4.69, 9.17) is 16.3 Å². The van der Waals surface area contributed by atoms with Gasteiger partial charge in [0.15, 0.2) is 11.6 Å². The Morgan fingerprint density at radius 2 is 2.10 bits per heavy atom. The van der Waals surface area contributed by atoms with Gasteiger partial charge < -0.3 is 10.1 Å². The molecule has 0 aromatic heterocycles. The van der Waals surface area contributed by atoms with Crippen LogP contribution in [0, 0.1) is 5.82 Å². The average molecular weight is 359 g/mol. The summed E-state index contributed by atoms with van der Waals surface area (Å²) in [5.41, 5.74) is 0.820. The Morgan fingerprint density at radius 3 is 2.80 bits per heavy atom. The van der Waals surface area contributed by atoms with E-state index in [9.17, 15) is 9.18 Å². The first kappa shape index (κ1) is 14.8. The van der Waals surface area contributed by atoms with Gasteiger partial charge in [-0.2, -0.15) is 0 Å². The van der Waals surface area contributed by atoms with Gasteiger partial charge in [0.25, 0.3) is 5.91 Å². The quantitative estimate of drug-likeness (QED) is 0.877. The molecule has 0 aliphatic rings. The van der Waals surface area contributed by atoms with Crippen molar-refractivity contribution in [2.75, 3.05) is 12.4 Å². The van der Waals surface area contributed by atoms with Gasteiger partial charge in [0.2, 0.25) is 0 Å². The zero-order chi connectivity index (χ0) is 14.7. The summed E-state index contributed by atoms with van der Waals surface area (Å²) in [5, 5.41) is 3.18. The molecular weight excluding hydrogens is 349 g/mol. The number of halogens is 3. The maximum absolute atomic E-state index is 13.3. The lowest BCUT2D eigenvalue weighted by molar-refractivity contribution is 0.102. The fraction of sp³-hybridized carbons (Fsp3) is 0.0714. The number of methoxy groups -OCH3 is 1. The van der Waals surface area contributed by atoms with Crippen LogP contribution in [0.1, 0.15) is 10.4 Å². The van der Waals surface area contributed by atoms with Crippen molar-refractivity contribution < 1.29 is 13.9 Å². The van der Waals surface area contributed by atoms with Crippen LogP contribution in [0.5, 0.6) is 5.75 Å². The normalized spacial score (nSPS) is 10.2. The van der Waals surface area contributed by atoms with Crippen LogP contribution in [0.15, 0.2) is 40.9 Å². The van der Waals surface area contributed by atoms with Crippen LogP contribution in [0.2, 0.25) is 5.02 Å². The van der Waals surface area contributed by atoms with E-state index in [0.29, 0.717) is 15.2 Å². The van der Waals surface area contributed by atoms with Gasteiger partial charge in [-0.3, -0.25) is 4.79 Å². The smallest absolute Gasteiger partial charge is 0.255 e. The highest BCUT2D eigenvalue weighted by Crippen LogP contribution is 2.30.